The van der Waals surface area contributed by atoms with Crippen molar-refractivity contribution in [2.24, 2.45) is 29.4 Å². The summed E-state index contributed by atoms with van der Waals surface area (Å²) in [5.41, 5.74) is 6.57. The van der Waals surface area contributed by atoms with Gasteiger partial charge in [0.15, 0.2) is 0 Å². The number of nitrogens with two attached hydrogens (primary N) is 1. The molecule has 2 fully saturated rings. The van der Waals surface area contributed by atoms with Gasteiger partial charge in [-0.3, -0.25) is 0 Å². The van der Waals surface area contributed by atoms with Crippen LogP contribution in [-0.4, -0.2) is 6.04 Å². The van der Waals surface area contributed by atoms with Crippen LogP contribution >= 0.6 is 0 Å². The summed E-state index contributed by atoms with van der Waals surface area (Å²) in [6.07, 6.45) is 12.7. The van der Waals surface area contributed by atoms with Gasteiger partial charge in [0.1, 0.15) is 0 Å². The fourth-order valence-electron chi connectivity index (χ4n) is 4.20. The third-order valence-corrected chi connectivity index (χ3v) is 5.53. The lowest BCUT2D eigenvalue weighted by Gasteiger charge is -2.38. The Balaban J connectivity index is 1.81. The molecule has 2 aliphatic carbocycles. The molecule has 2 saturated carbocycles. The molecule has 17 heavy (non-hydrogen) atoms. The molecule has 2 aliphatic rings. The largest absolute Gasteiger partial charge is 0.327 e. The average molecular weight is 237 g/mol. The van der Waals surface area contributed by atoms with Crippen molar-refractivity contribution in [2.45, 2.75) is 77.7 Å². The molecular weight excluding hydrogens is 206 g/mol. The molecule has 3 unspecified atom stereocenters. The molecule has 1 nitrogen and oxygen atoms in total. The molecular formula is C16H31N. The Kier molecular flexibility index (Phi) is 4.90. The van der Waals surface area contributed by atoms with E-state index in [9.17, 15) is 0 Å². The van der Waals surface area contributed by atoms with Crippen LogP contribution in [0.25, 0.3) is 0 Å². The van der Waals surface area contributed by atoms with Gasteiger partial charge in [-0.15, -0.1) is 0 Å². The van der Waals surface area contributed by atoms with Crippen molar-refractivity contribution in [3.8, 4) is 0 Å². The number of hydrogen-bond acceptors (Lipinski definition) is 1. The third kappa shape index (κ3) is 3.47. The zero-order chi connectivity index (χ0) is 12.3. The molecule has 1 heteroatoms. The molecule has 0 aromatic carbocycles. The van der Waals surface area contributed by atoms with Crippen molar-refractivity contribution in [3.63, 3.8) is 0 Å². The van der Waals surface area contributed by atoms with Crippen LogP contribution in [0.4, 0.5) is 0 Å². The molecule has 0 bridgehead atoms. The summed E-state index contributed by atoms with van der Waals surface area (Å²) in [4.78, 5) is 0. The van der Waals surface area contributed by atoms with Crippen molar-refractivity contribution >= 4 is 0 Å². The minimum atomic E-state index is 0.510. The summed E-state index contributed by atoms with van der Waals surface area (Å²) in [6.45, 7) is 4.75. The van der Waals surface area contributed by atoms with Crippen LogP contribution in [0.2, 0.25) is 0 Å². The number of rotatable bonds is 3. The van der Waals surface area contributed by atoms with E-state index in [2.05, 4.69) is 13.8 Å². The van der Waals surface area contributed by atoms with Crippen molar-refractivity contribution in [1.82, 2.24) is 0 Å². The van der Waals surface area contributed by atoms with E-state index in [-0.39, 0.29) is 0 Å². The van der Waals surface area contributed by atoms with Gasteiger partial charge >= 0.3 is 0 Å². The molecule has 0 saturated heterocycles. The van der Waals surface area contributed by atoms with Gasteiger partial charge in [-0.05, 0) is 49.4 Å². The lowest BCUT2D eigenvalue weighted by molar-refractivity contribution is 0.160. The molecule has 0 heterocycles. The van der Waals surface area contributed by atoms with Gasteiger partial charge in [-0.2, -0.15) is 0 Å². The van der Waals surface area contributed by atoms with Crippen molar-refractivity contribution in [3.05, 3.63) is 0 Å². The predicted octanol–water partition coefficient (Wildman–Crippen LogP) is 4.36. The molecule has 3 atom stereocenters. The summed E-state index contributed by atoms with van der Waals surface area (Å²) < 4.78 is 0. The van der Waals surface area contributed by atoms with Gasteiger partial charge in [0, 0.05) is 6.04 Å². The molecule has 0 aromatic rings. The maximum atomic E-state index is 6.57. The maximum absolute atomic E-state index is 6.57. The highest BCUT2D eigenvalue weighted by molar-refractivity contribution is 4.86. The molecule has 100 valence electrons. The first-order valence-corrected chi connectivity index (χ1v) is 7.96. The zero-order valence-electron chi connectivity index (χ0n) is 11.8. The standard InChI is InChI=1S/C16H31N/c1-3-13-7-9-14(10-8-13)16(17)15-6-4-5-12(2)11-15/h12-16H,3-11,17H2,1-2H3. The second-order valence-corrected chi connectivity index (χ2v) is 6.80. The maximum Gasteiger partial charge on any atom is 0.00957 e. The molecule has 0 spiro atoms. The fourth-order valence-corrected chi connectivity index (χ4v) is 4.20. The summed E-state index contributed by atoms with van der Waals surface area (Å²) in [7, 11) is 0. The second kappa shape index (κ2) is 6.22. The van der Waals surface area contributed by atoms with Crippen LogP contribution in [-0.2, 0) is 0 Å². The average Bonchev–Trinajstić information content (AvgIpc) is 2.38. The zero-order valence-corrected chi connectivity index (χ0v) is 11.8. The van der Waals surface area contributed by atoms with Crippen molar-refractivity contribution in [2.75, 3.05) is 0 Å². The van der Waals surface area contributed by atoms with E-state index >= 15 is 0 Å². The van der Waals surface area contributed by atoms with Gasteiger partial charge in [-0.1, -0.05) is 46.0 Å². The Labute approximate surface area is 108 Å². The Morgan fingerprint density at radius 1 is 1.00 bits per heavy atom. The minimum absolute atomic E-state index is 0.510. The predicted molar refractivity (Wildman–Crippen MR) is 74.8 cm³/mol. The lowest BCUT2D eigenvalue weighted by atomic mass is 9.70. The third-order valence-electron chi connectivity index (χ3n) is 5.53. The summed E-state index contributed by atoms with van der Waals surface area (Å²) >= 11 is 0. The fraction of sp³-hybridized carbons (Fsp3) is 1.00. The van der Waals surface area contributed by atoms with Crippen LogP contribution in [0.1, 0.15) is 71.6 Å². The Bertz CT molecular complexity index is 218. The molecule has 0 radical (unpaired) electrons. The van der Waals surface area contributed by atoms with Gasteiger partial charge in [0.05, 0.1) is 0 Å². The highest BCUT2D eigenvalue weighted by Crippen LogP contribution is 2.38. The van der Waals surface area contributed by atoms with Crippen LogP contribution in [0.3, 0.4) is 0 Å². The van der Waals surface area contributed by atoms with Crippen LogP contribution in [0.15, 0.2) is 0 Å². The summed E-state index contributed by atoms with van der Waals surface area (Å²) in [6, 6.07) is 0.510. The highest BCUT2D eigenvalue weighted by Gasteiger charge is 2.31. The van der Waals surface area contributed by atoms with Crippen LogP contribution in [0, 0.1) is 23.7 Å². The lowest BCUT2D eigenvalue weighted by Crippen LogP contribution is -2.41. The van der Waals surface area contributed by atoms with Gasteiger partial charge in [0.25, 0.3) is 0 Å². The van der Waals surface area contributed by atoms with E-state index in [1.165, 1.54) is 57.8 Å². The highest BCUT2D eigenvalue weighted by atomic mass is 14.7. The van der Waals surface area contributed by atoms with Crippen molar-refractivity contribution < 1.29 is 0 Å². The number of hydrogen-bond donors (Lipinski definition) is 1. The minimum Gasteiger partial charge on any atom is -0.327 e. The van der Waals surface area contributed by atoms with E-state index < -0.39 is 0 Å². The van der Waals surface area contributed by atoms with Gasteiger partial charge < -0.3 is 5.73 Å². The van der Waals surface area contributed by atoms with E-state index in [0.717, 1.165) is 23.7 Å². The van der Waals surface area contributed by atoms with Gasteiger partial charge in [0.2, 0.25) is 0 Å². The topological polar surface area (TPSA) is 26.0 Å². The van der Waals surface area contributed by atoms with E-state index in [1.807, 2.05) is 0 Å². The van der Waals surface area contributed by atoms with E-state index in [1.54, 1.807) is 0 Å². The Hall–Kier alpha value is -0.0400. The Morgan fingerprint density at radius 2 is 1.71 bits per heavy atom. The first kappa shape index (κ1) is 13.4. The van der Waals surface area contributed by atoms with Crippen LogP contribution in [0.5, 0.6) is 0 Å². The normalized spacial score (nSPS) is 41.1. The summed E-state index contributed by atoms with van der Waals surface area (Å²) in [5, 5.41) is 0. The monoisotopic (exact) mass is 237 g/mol. The molecule has 0 aromatic heterocycles. The molecule has 0 amide bonds. The second-order valence-electron chi connectivity index (χ2n) is 6.80. The van der Waals surface area contributed by atoms with Crippen molar-refractivity contribution in [1.29, 1.82) is 0 Å². The molecule has 2 N–H and O–H groups in total. The molecule has 0 aliphatic heterocycles. The smallest absolute Gasteiger partial charge is 0.00957 e. The quantitative estimate of drug-likeness (QED) is 0.775. The van der Waals surface area contributed by atoms with Gasteiger partial charge in [-0.25, -0.2) is 0 Å². The first-order chi connectivity index (χ1) is 8.20. The van der Waals surface area contributed by atoms with E-state index in [0.29, 0.717) is 6.04 Å². The summed E-state index contributed by atoms with van der Waals surface area (Å²) in [5.74, 6) is 3.60. The Morgan fingerprint density at radius 3 is 2.29 bits per heavy atom. The molecule has 2 rings (SSSR count). The SMILES string of the molecule is CCC1CCC(C(N)C2CCCC(C)C2)CC1. The van der Waals surface area contributed by atoms with Crippen LogP contribution < -0.4 is 5.73 Å². The van der Waals surface area contributed by atoms with E-state index in [4.69, 9.17) is 5.73 Å². The first-order valence-electron chi connectivity index (χ1n) is 7.96.